The minimum atomic E-state index is -0.376. The maximum absolute atomic E-state index is 12.4. The third-order valence-electron chi connectivity index (χ3n) is 5.59. The van der Waals surface area contributed by atoms with E-state index < -0.39 is 0 Å². The maximum Gasteiger partial charge on any atom is 0.231 e. The number of hydrogen-bond acceptors (Lipinski definition) is 4. The summed E-state index contributed by atoms with van der Waals surface area (Å²) < 4.78 is 12.4. The van der Waals surface area contributed by atoms with E-state index in [1.165, 1.54) is 0 Å². The number of alkyl halides is 1. The number of aromatic nitrogens is 1. The zero-order valence-electron chi connectivity index (χ0n) is 17.0. The molecule has 29 heavy (non-hydrogen) atoms. The van der Waals surface area contributed by atoms with Crippen LogP contribution < -0.4 is 5.32 Å². The molecule has 2 aromatic rings. The van der Waals surface area contributed by atoms with E-state index in [0.29, 0.717) is 25.5 Å². The van der Waals surface area contributed by atoms with Crippen molar-refractivity contribution in [1.82, 2.24) is 14.8 Å². The minimum Gasteiger partial charge on any atom is -0.341 e. The van der Waals surface area contributed by atoms with Crippen molar-refractivity contribution < 1.29 is 9.18 Å². The fourth-order valence-corrected chi connectivity index (χ4v) is 3.80. The Bertz CT molecular complexity index is 1060. The molecule has 1 fully saturated rings. The molecule has 150 valence electrons. The smallest absolute Gasteiger partial charge is 0.231 e. The molecule has 0 radical (unpaired) electrons. The molecular formula is C23H25FN4O. The van der Waals surface area contributed by atoms with Crippen LogP contribution in [0.2, 0.25) is 0 Å². The van der Waals surface area contributed by atoms with Gasteiger partial charge in [0.1, 0.15) is 12.5 Å². The van der Waals surface area contributed by atoms with Crippen LogP contribution in [0, 0.1) is 5.92 Å². The molecule has 0 saturated carbocycles. The van der Waals surface area contributed by atoms with Crippen molar-refractivity contribution in [2.24, 2.45) is 5.92 Å². The molecule has 0 bridgehead atoms. The number of fused-ring (bicyclic) bond motifs is 1. The Morgan fingerprint density at radius 1 is 1.28 bits per heavy atom. The summed E-state index contributed by atoms with van der Waals surface area (Å²) in [5, 5.41) is 4.94. The fourth-order valence-electron chi connectivity index (χ4n) is 3.80. The molecule has 0 aliphatic carbocycles. The molecule has 2 aliphatic heterocycles. The molecule has 2 aliphatic rings. The van der Waals surface area contributed by atoms with E-state index in [9.17, 15) is 9.18 Å². The van der Waals surface area contributed by atoms with Crippen molar-refractivity contribution in [1.29, 1.82) is 0 Å². The Morgan fingerprint density at radius 2 is 2.07 bits per heavy atom. The standard InChI is InChI=1S/C23H25FN4O/c1-15-8-16(2)27(3)21(9-15)17-4-5-18-12-25-22(11-19(18)10-17)26-23(29)20-13-28(14-20)7-6-24/h4-5,9-12,20H,6-7,13-14H2,1-3H3,(H,25,26,29). The Kier molecular flexibility index (Phi) is 5.22. The summed E-state index contributed by atoms with van der Waals surface area (Å²) in [6.45, 7) is 5.32. The number of carbonyl (C=O) groups is 1. The summed E-state index contributed by atoms with van der Waals surface area (Å²) in [6.07, 6.45) is 3.90. The molecular weight excluding hydrogens is 367 g/mol. The van der Waals surface area contributed by atoms with Gasteiger partial charge in [0.15, 0.2) is 0 Å². The van der Waals surface area contributed by atoms with Crippen LogP contribution in [0.4, 0.5) is 10.2 Å². The van der Waals surface area contributed by atoms with Gasteiger partial charge >= 0.3 is 0 Å². The zero-order chi connectivity index (χ0) is 20.5. The lowest BCUT2D eigenvalue weighted by Gasteiger charge is -2.37. The molecule has 0 unspecified atom stereocenters. The van der Waals surface area contributed by atoms with E-state index in [-0.39, 0.29) is 18.5 Å². The number of likely N-dealkylation sites (tertiary alicyclic amines) is 1. The molecule has 0 spiro atoms. The molecule has 4 rings (SSSR count). The first-order valence-corrected chi connectivity index (χ1v) is 9.83. The van der Waals surface area contributed by atoms with Gasteiger partial charge in [-0.25, -0.2) is 9.37 Å². The molecule has 0 atom stereocenters. The quantitative estimate of drug-likeness (QED) is 0.786. The number of pyridine rings is 1. The summed E-state index contributed by atoms with van der Waals surface area (Å²) in [4.78, 5) is 20.8. The summed E-state index contributed by atoms with van der Waals surface area (Å²) in [5.74, 6) is 0.386. The first-order chi connectivity index (χ1) is 13.9. The molecule has 1 aromatic carbocycles. The Labute approximate surface area is 170 Å². The van der Waals surface area contributed by atoms with Crippen LogP contribution in [0.15, 0.2) is 53.5 Å². The van der Waals surface area contributed by atoms with E-state index in [1.54, 1.807) is 6.20 Å². The van der Waals surface area contributed by atoms with E-state index in [4.69, 9.17) is 0 Å². The molecule has 5 nitrogen and oxygen atoms in total. The maximum atomic E-state index is 12.4. The van der Waals surface area contributed by atoms with Gasteiger partial charge in [-0.3, -0.25) is 9.69 Å². The number of nitrogens with one attached hydrogen (secondary N) is 1. The molecule has 1 amide bonds. The predicted octanol–water partition coefficient (Wildman–Crippen LogP) is 3.81. The number of allylic oxidation sites excluding steroid dienone is 2. The van der Waals surface area contributed by atoms with Crippen LogP contribution in [-0.4, -0.2) is 54.0 Å². The summed E-state index contributed by atoms with van der Waals surface area (Å²) in [5.41, 5.74) is 7.72. The largest absolute Gasteiger partial charge is 0.341 e. The van der Waals surface area contributed by atoms with Crippen molar-refractivity contribution in [2.45, 2.75) is 13.8 Å². The van der Waals surface area contributed by atoms with Crippen LogP contribution in [-0.2, 0) is 4.79 Å². The van der Waals surface area contributed by atoms with E-state index in [2.05, 4.69) is 39.1 Å². The normalized spacial score (nSPS) is 17.5. The third kappa shape index (κ3) is 3.95. The van der Waals surface area contributed by atoms with Gasteiger partial charge in [0.2, 0.25) is 5.91 Å². The first kappa shape index (κ1) is 19.4. The average Bonchev–Trinajstić information content (AvgIpc) is 2.66. The van der Waals surface area contributed by atoms with Gasteiger partial charge in [-0.15, -0.1) is 0 Å². The lowest BCUT2D eigenvalue weighted by Crippen LogP contribution is -2.52. The number of nitrogens with zero attached hydrogens (tertiary/aromatic N) is 3. The van der Waals surface area contributed by atoms with Crippen molar-refractivity contribution in [2.75, 3.05) is 38.7 Å². The molecule has 6 heteroatoms. The van der Waals surface area contributed by atoms with Crippen molar-refractivity contribution >= 4 is 28.2 Å². The number of halogens is 1. The van der Waals surface area contributed by atoms with Crippen LogP contribution >= 0.6 is 0 Å². The Hall–Kier alpha value is -2.95. The monoisotopic (exact) mass is 392 g/mol. The number of anilines is 1. The highest BCUT2D eigenvalue weighted by molar-refractivity contribution is 5.95. The van der Waals surface area contributed by atoms with Crippen molar-refractivity contribution in [3.8, 4) is 0 Å². The van der Waals surface area contributed by atoms with Gasteiger partial charge < -0.3 is 10.2 Å². The summed E-state index contributed by atoms with van der Waals surface area (Å²) in [6, 6.07) is 8.16. The van der Waals surface area contributed by atoms with Crippen LogP contribution in [0.1, 0.15) is 19.4 Å². The number of rotatable bonds is 5. The SMILES string of the molecule is CC1=C=C(C)N(C)C(c2ccc3cnc(NC(=O)C4CN(CCF)C4)cc3c2)=C1. The van der Waals surface area contributed by atoms with Gasteiger partial charge in [0, 0.05) is 44.0 Å². The number of amides is 1. The topological polar surface area (TPSA) is 48.5 Å². The average molecular weight is 392 g/mol. The van der Waals surface area contributed by atoms with Gasteiger partial charge in [0.25, 0.3) is 0 Å². The van der Waals surface area contributed by atoms with Crippen LogP contribution in [0.3, 0.4) is 0 Å². The number of hydrogen-bond donors (Lipinski definition) is 1. The Morgan fingerprint density at radius 3 is 2.83 bits per heavy atom. The van der Waals surface area contributed by atoms with E-state index in [1.807, 2.05) is 37.9 Å². The minimum absolute atomic E-state index is 0.0561. The van der Waals surface area contributed by atoms with Crippen molar-refractivity contribution in [3.05, 3.63) is 59.1 Å². The van der Waals surface area contributed by atoms with Gasteiger partial charge in [-0.2, -0.15) is 0 Å². The highest BCUT2D eigenvalue weighted by atomic mass is 19.1. The number of carbonyl (C=O) groups excluding carboxylic acids is 1. The van der Waals surface area contributed by atoms with Crippen LogP contribution in [0.5, 0.6) is 0 Å². The second-order valence-corrected chi connectivity index (χ2v) is 7.75. The zero-order valence-corrected chi connectivity index (χ0v) is 17.0. The van der Waals surface area contributed by atoms with Gasteiger partial charge in [0.05, 0.1) is 11.6 Å². The lowest BCUT2D eigenvalue weighted by atomic mass is 9.99. The van der Waals surface area contributed by atoms with Crippen LogP contribution in [0.25, 0.3) is 16.5 Å². The second-order valence-electron chi connectivity index (χ2n) is 7.75. The van der Waals surface area contributed by atoms with E-state index >= 15 is 0 Å². The van der Waals surface area contributed by atoms with Gasteiger partial charge in [-0.1, -0.05) is 17.9 Å². The summed E-state index contributed by atoms with van der Waals surface area (Å²) >= 11 is 0. The number of benzene rings is 1. The second kappa shape index (κ2) is 7.82. The Balaban J connectivity index is 1.54. The van der Waals surface area contributed by atoms with E-state index in [0.717, 1.165) is 33.3 Å². The molecule has 3 heterocycles. The highest BCUT2D eigenvalue weighted by Gasteiger charge is 2.32. The highest BCUT2D eigenvalue weighted by Crippen LogP contribution is 2.29. The summed E-state index contributed by atoms with van der Waals surface area (Å²) in [7, 11) is 2.04. The predicted molar refractivity (Wildman–Crippen MR) is 114 cm³/mol. The molecule has 1 N–H and O–H groups in total. The fraction of sp³-hybridized carbons (Fsp3) is 0.348. The third-order valence-corrected chi connectivity index (χ3v) is 5.59. The molecule has 1 saturated heterocycles. The lowest BCUT2D eigenvalue weighted by molar-refractivity contribution is -0.124. The molecule has 1 aromatic heterocycles. The van der Waals surface area contributed by atoms with Gasteiger partial charge in [-0.05, 0) is 48.6 Å². The van der Waals surface area contributed by atoms with Crippen molar-refractivity contribution in [3.63, 3.8) is 0 Å². The first-order valence-electron chi connectivity index (χ1n) is 9.83.